The molecule has 2 unspecified atom stereocenters. The van der Waals surface area contributed by atoms with Crippen LogP contribution in [0.5, 0.6) is 0 Å². The molecule has 0 saturated heterocycles. The summed E-state index contributed by atoms with van der Waals surface area (Å²) in [5.74, 6) is 0. The van der Waals surface area contributed by atoms with Crippen molar-refractivity contribution in [1.82, 2.24) is 0 Å². The summed E-state index contributed by atoms with van der Waals surface area (Å²) < 4.78 is 0. The van der Waals surface area contributed by atoms with Crippen molar-refractivity contribution < 1.29 is 0 Å². The van der Waals surface area contributed by atoms with Gasteiger partial charge in [-0.2, -0.15) is 0 Å². The predicted octanol–water partition coefficient (Wildman–Crippen LogP) is 6.38. The molecule has 0 N–H and O–H groups in total. The van der Waals surface area contributed by atoms with E-state index in [1.807, 2.05) is 0 Å². The molecule has 0 bridgehead atoms. The van der Waals surface area contributed by atoms with Crippen LogP contribution in [0.1, 0.15) is 91.9 Å². The van der Waals surface area contributed by atoms with Gasteiger partial charge in [0.1, 0.15) is 0 Å². The molecule has 0 nitrogen and oxygen atoms in total. The lowest BCUT2D eigenvalue weighted by Gasteiger charge is -2.42. The zero-order valence-corrected chi connectivity index (χ0v) is 14.2. The molecular weight excluding hydrogens is 235 g/mol. The summed E-state index contributed by atoms with van der Waals surface area (Å²) in [6.45, 7) is 9.52. The largest absolute Gasteiger partial charge is 0.116 e. The Morgan fingerprint density at radius 1 is 1.11 bits per heavy atom. The summed E-state index contributed by atoms with van der Waals surface area (Å²) in [6.07, 6.45) is 14.8. The fraction of sp³-hybridized carbons (Fsp3) is 1.00. The zero-order valence-electron chi connectivity index (χ0n) is 13.2. The van der Waals surface area contributed by atoms with Crippen molar-refractivity contribution >= 4 is 8.58 Å². The van der Waals surface area contributed by atoms with Gasteiger partial charge < -0.3 is 0 Å². The van der Waals surface area contributed by atoms with Gasteiger partial charge in [-0.15, -0.1) is 8.58 Å². The molecule has 108 valence electrons. The van der Waals surface area contributed by atoms with Crippen molar-refractivity contribution in [3.8, 4) is 0 Å². The van der Waals surface area contributed by atoms with Crippen LogP contribution in [0.15, 0.2) is 0 Å². The Kier molecular flexibility index (Phi) is 7.85. The minimum Gasteiger partial charge on any atom is -0.116 e. The summed E-state index contributed by atoms with van der Waals surface area (Å²) in [7, 11) is 1.21. The van der Waals surface area contributed by atoms with Crippen molar-refractivity contribution in [3.63, 3.8) is 0 Å². The molecule has 0 spiro atoms. The molecule has 0 radical (unpaired) electrons. The normalized spacial score (nSPS) is 24.2. The first kappa shape index (κ1) is 16.5. The molecule has 1 fully saturated rings. The van der Waals surface area contributed by atoms with E-state index in [-0.39, 0.29) is 0 Å². The molecule has 1 rings (SSSR count). The predicted molar refractivity (Wildman–Crippen MR) is 87.2 cm³/mol. The van der Waals surface area contributed by atoms with Crippen LogP contribution in [-0.4, -0.2) is 11.3 Å². The molecule has 0 heterocycles. The molecule has 1 saturated carbocycles. The van der Waals surface area contributed by atoms with E-state index < -0.39 is 0 Å². The molecule has 1 aliphatic carbocycles. The quantitative estimate of drug-likeness (QED) is 0.449. The van der Waals surface area contributed by atoms with E-state index in [4.69, 9.17) is 0 Å². The second-order valence-corrected chi connectivity index (χ2v) is 9.13. The molecule has 0 aromatic heterocycles. The summed E-state index contributed by atoms with van der Waals surface area (Å²) in [4.78, 5) is 0. The number of hydrogen-bond acceptors (Lipinski definition) is 0. The molecule has 0 aromatic rings. The first-order valence-corrected chi connectivity index (χ1v) is 9.53. The van der Waals surface area contributed by atoms with Crippen molar-refractivity contribution in [2.24, 2.45) is 5.41 Å². The zero-order chi connectivity index (χ0) is 13.4. The highest BCUT2D eigenvalue weighted by atomic mass is 31.1. The fourth-order valence-electron chi connectivity index (χ4n) is 3.75. The Morgan fingerprint density at radius 3 is 2.22 bits per heavy atom. The van der Waals surface area contributed by atoms with Crippen LogP contribution in [0.3, 0.4) is 0 Å². The van der Waals surface area contributed by atoms with E-state index in [1.165, 1.54) is 66.4 Å². The van der Waals surface area contributed by atoms with E-state index in [9.17, 15) is 0 Å². The first-order chi connectivity index (χ1) is 8.62. The van der Waals surface area contributed by atoms with Crippen LogP contribution in [0, 0.1) is 5.41 Å². The summed E-state index contributed by atoms with van der Waals surface area (Å²) >= 11 is 0. The van der Waals surface area contributed by atoms with Crippen molar-refractivity contribution in [2.75, 3.05) is 0 Å². The molecule has 0 aromatic carbocycles. The second kappa shape index (κ2) is 8.57. The standard InChI is InChI=1S/C17H35P/c1-5-7-11-17(12-8-6-2)13-9-10-16(14-17)18-15(3)4/h15-16,18H,5-14H2,1-4H3. The highest BCUT2D eigenvalue weighted by molar-refractivity contribution is 7.39. The average Bonchev–Trinajstić information content (AvgIpc) is 2.34. The van der Waals surface area contributed by atoms with Gasteiger partial charge in [0.25, 0.3) is 0 Å². The molecule has 1 heteroatoms. The van der Waals surface area contributed by atoms with Gasteiger partial charge in [0, 0.05) is 0 Å². The number of rotatable bonds is 8. The van der Waals surface area contributed by atoms with Crippen LogP contribution in [0.4, 0.5) is 0 Å². The van der Waals surface area contributed by atoms with Crippen LogP contribution < -0.4 is 0 Å². The fourth-order valence-corrected chi connectivity index (χ4v) is 5.61. The van der Waals surface area contributed by atoms with Gasteiger partial charge in [0.2, 0.25) is 0 Å². The molecule has 1 aliphatic rings. The van der Waals surface area contributed by atoms with Crippen molar-refractivity contribution in [2.45, 2.75) is 103 Å². The number of hydrogen-bond donors (Lipinski definition) is 0. The maximum Gasteiger partial charge on any atom is -0.0229 e. The Bertz CT molecular complexity index is 202. The van der Waals surface area contributed by atoms with Gasteiger partial charge in [0.05, 0.1) is 0 Å². The minimum absolute atomic E-state index is 0.747. The SMILES string of the molecule is CCCCC1(CCCC)CCCC(PC(C)C)C1. The van der Waals surface area contributed by atoms with E-state index in [2.05, 4.69) is 27.7 Å². The summed E-state index contributed by atoms with van der Waals surface area (Å²) in [6, 6.07) is 0. The van der Waals surface area contributed by atoms with Crippen LogP contribution >= 0.6 is 8.58 Å². The summed E-state index contributed by atoms with van der Waals surface area (Å²) in [5, 5.41) is 0. The number of unbranched alkanes of at least 4 members (excludes halogenated alkanes) is 2. The van der Waals surface area contributed by atoms with Crippen molar-refractivity contribution in [1.29, 1.82) is 0 Å². The smallest absolute Gasteiger partial charge is 0.0229 e. The van der Waals surface area contributed by atoms with E-state index in [0.29, 0.717) is 0 Å². The highest BCUT2D eigenvalue weighted by Gasteiger charge is 2.35. The Balaban J connectivity index is 2.56. The molecule has 18 heavy (non-hydrogen) atoms. The lowest BCUT2D eigenvalue weighted by Crippen LogP contribution is -2.30. The minimum atomic E-state index is 0.747. The molecule has 0 amide bonds. The second-order valence-electron chi connectivity index (χ2n) is 6.82. The van der Waals surface area contributed by atoms with Crippen LogP contribution in [0.2, 0.25) is 0 Å². The van der Waals surface area contributed by atoms with Crippen molar-refractivity contribution in [3.05, 3.63) is 0 Å². The first-order valence-electron chi connectivity index (χ1n) is 8.38. The Labute approximate surface area is 117 Å². The third-order valence-electron chi connectivity index (χ3n) is 4.63. The van der Waals surface area contributed by atoms with Gasteiger partial charge in [-0.25, -0.2) is 0 Å². The monoisotopic (exact) mass is 270 g/mol. The lowest BCUT2D eigenvalue weighted by atomic mass is 9.68. The van der Waals surface area contributed by atoms with Gasteiger partial charge in [-0.1, -0.05) is 59.8 Å². The molecule has 0 aliphatic heterocycles. The third kappa shape index (κ3) is 5.60. The van der Waals surface area contributed by atoms with E-state index >= 15 is 0 Å². The van der Waals surface area contributed by atoms with Gasteiger partial charge in [-0.3, -0.25) is 0 Å². The van der Waals surface area contributed by atoms with Gasteiger partial charge in [-0.05, 0) is 48.8 Å². The van der Waals surface area contributed by atoms with Crippen LogP contribution in [0.25, 0.3) is 0 Å². The van der Waals surface area contributed by atoms with E-state index in [0.717, 1.165) is 16.7 Å². The molecular formula is C17H35P. The maximum atomic E-state index is 2.41. The van der Waals surface area contributed by atoms with Crippen LogP contribution in [-0.2, 0) is 0 Å². The topological polar surface area (TPSA) is 0 Å². The highest BCUT2D eigenvalue weighted by Crippen LogP contribution is 2.49. The van der Waals surface area contributed by atoms with Gasteiger partial charge >= 0.3 is 0 Å². The maximum absolute atomic E-state index is 2.41. The van der Waals surface area contributed by atoms with Gasteiger partial charge in [0.15, 0.2) is 0 Å². The Morgan fingerprint density at radius 2 is 1.72 bits per heavy atom. The summed E-state index contributed by atoms with van der Waals surface area (Å²) in [5.41, 5.74) is 2.73. The van der Waals surface area contributed by atoms with E-state index in [1.54, 1.807) is 6.42 Å². The lowest BCUT2D eigenvalue weighted by molar-refractivity contribution is 0.152. The third-order valence-corrected chi connectivity index (χ3v) is 6.26. The Hall–Kier alpha value is 0.430. The molecule has 2 atom stereocenters. The average molecular weight is 270 g/mol.